The number of benzene rings is 1. The maximum Gasteiger partial charge on any atom is 0.174 e. The molecule has 1 atom stereocenters. The van der Waals surface area contributed by atoms with E-state index in [9.17, 15) is 0 Å². The molecule has 4 heteroatoms. The van der Waals surface area contributed by atoms with E-state index >= 15 is 0 Å². The average Bonchev–Trinajstić information content (AvgIpc) is 2.42. The number of nitriles is 1. The third kappa shape index (κ3) is 5.73. The smallest absolute Gasteiger partial charge is 0.174 e. The first kappa shape index (κ1) is 15.5. The fourth-order valence-corrected chi connectivity index (χ4v) is 1.73. The van der Waals surface area contributed by atoms with Crippen LogP contribution >= 0.6 is 0 Å². The molecule has 0 spiro atoms. The van der Waals surface area contributed by atoms with E-state index in [0.717, 1.165) is 12.3 Å². The standard InChI is InChI=1S/C15H22N2O2/c1-12(2)15(11-18-3)17-10-13-4-6-14(7-5-13)19-9-8-16/h4-7,12,15,17H,9-11H2,1-3H3. The second-order valence-corrected chi connectivity index (χ2v) is 4.78. The quantitative estimate of drug-likeness (QED) is 0.781. The van der Waals surface area contributed by atoms with Gasteiger partial charge in [0.15, 0.2) is 6.61 Å². The molecule has 0 bridgehead atoms. The van der Waals surface area contributed by atoms with E-state index in [0.29, 0.717) is 18.6 Å². The molecule has 0 saturated carbocycles. The summed E-state index contributed by atoms with van der Waals surface area (Å²) in [6.07, 6.45) is 0. The highest BCUT2D eigenvalue weighted by molar-refractivity contribution is 5.27. The molecule has 1 N–H and O–H groups in total. The highest BCUT2D eigenvalue weighted by Crippen LogP contribution is 2.12. The molecule has 0 fully saturated rings. The molecule has 1 unspecified atom stereocenters. The number of methoxy groups -OCH3 is 1. The van der Waals surface area contributed by atoms with Crippen LogP contribution in [0.3, 0.4) is 0 Å². The van der Waals surface area contributed by atoms with Gasteiger partial charge < -0.3 is 14.8 Å². The van der Waals surface area contributed by atoms with Gasteiger partial charge >= 0.3 is 0 Å². The predicted molar refractivity (Wildman–Crippen MR) is 74.9 cm³/mol. The zero-order valence-corrected chi connectivity index (χ0v) is 11.8. The largest absolute Gasteiger partial charge is 0.479 e. The molecule has 4 nitrogen and oxygen atoms in total. The monoisotopic (exact) mass is 262 g/mol. The molecule has 1 rings (SSSR count). The van der Waals surface area contributed by atoms with Gasteiger partial charge in [-0.15, -0.1) is 0 Å². The molecule has 0 aliphatic heterocycles. The molecule has 19 heavy (non-hydrogen) atoms. The number of nitrogens with one attached hydrogen (secondary N) is 1. The Labute approximate surface area is 115 Å². The summed E-state index contributed by atoms with van der Waals surface area (Å²) in [7, 11) is 1.72. The maximum atomic E-state index is 8.43. The summed E-state index contributed by atoms with van der Waals surface area (Å²) in [6, 6.07) is 10.1. The number of hydrogen-bond acceptors (Lipinski definition) is 4. The zero-order chi connectivity index (χ0) is 14.1. The van der Waals surface area contributed by atoms with Crippen molar-refractivity contribution in [3.05, 3.63) is 29.8 Å². The van der Waals surface area contributed by atoms with E-state index in [2.05, 4.69) is 19.2 Å². The third-order valence-corrected chi connectivity index (χ3v) is 2.95. The SMILES string of the molecule is COCC(NCc1ccc(OCC#N)cc1)C(C)C. The Kier molecular flexibility index (Phi) is 6.94. The van der Waals surface area contributed by atoms with E-state index < -0.39 is 0 Å². The molecule has 1 aromatic rings. The lowest BCUT2D eigenvalue weighted by molar-refractivity contribution is 0.146. The van der Waals surface area contributed by atoms with Crippen molar-refractivity contribution in [3.63, 3.8) is 0 Å². The van der Waals surface area contributed by atoms with Crippen LogP contribution in [0.4, 0.5) is 0 Å². The summed E-state index contributed by atoms with van der Waals surface area (Å²) in [4.78, 5) is 0. The van der Waals surface area contributed by atoms with Crippen LogP contribution in [0.1, 0.15) is 19.4 Å². The summed E-state index contributed by atoms with van der Waals surface area (Å²) in [5.41, 5.74) is 1.19. The van der Waals surface area contributed by atoms with Crippen LogP contribution in [0.25, 0.3) is 0 Å². The summed E-state index contributed by atoms with van der Waals surface area (Å²) < 4.78 is 10.4. The zero-order valence-electron chi connectivity index (χ0n) is 11.8. The molecular weight excluding hydrogens is 240 g/mol. The minimum Gasteiger partial charge on any atom is -0.479 e. The number of nitrogens with zero attached hydrogens (tertiary/aromatic N) is 1. The molecule has 0 aliphatic carbocycles. The van der Waals surface area contributed by atoms with Crippen LogP contribution in [-0.4, -0.2) is 26.4 Å². The Morgan fingerprint density at radius 3 is 2.47 bits per heavy atom. The molecule has 0 amide bonds. The van der Waals surface area contributed by atoms with Gasteiger partial charge in [0.1, 0.15) is 11.8 Å². The Morgan fingerprint density at radius 2 is 1.95 bits per heavy atom. The van der Waals surface area contributed by atoms with Crippen molar-refractivity contribution < 1.29 is 9.47 Å². The van der Waals surface area contributed by atoms with E-state index in [1.54, 1.807) is 7.11 Å². The molecule has 104 valence electrons. The van der Waals surface area contributed by atoms with Crippen LogP contribution in [-0.2, 0) is 11.3 Å². The minimum atomic E-state index is 0.0842. The van der Waals surface area contributed by atoms with Crippen LogP contribution in [0.15, 0.2) is 24.3 Å². The highest BCUT2D eigenvalue weighted by atomic mass is 16.5. The Balaban J connectivity index is 2.46. The number of ether oxygens (including phenoxy) is 2. The van der Waals surface area contributed by atoms with Crippen molar-refractivity contribution in [1.82, 2.24) is 5.32 Å². The molecule has 0 aromatic heterocycles. The van der Waals surface area contributed by atoms with Crippen molar-refractivity contribution in [2.75, 3.05) is 20.3 Å². The fraction of sp³-hybridized carbons (Fsp3) is 0.533. The molecule has 1 aromatic carbocycles. The molecule has 0 aliphatic rings. The average molecular weight is 262 g/mol. The second-order valence-electron chi connectivity index (χ2n) is 4.78. The van der Waals surface area contributed by atoms with Gasteiger partial charge in [0.05, 0.1) is 6.61 Å². The number of rotatable bonds is 8. The van der Waals surface area contributed by atoms with Gasteiger partial charge in [-0.2, -0.15) is 5.26 Å². The molecule has 0 radical (unpaired) electrons. The predicted octanol–water partition coefficient (Wildman–Crippen LogP) is 2.35. The topological polar surface area (TPSA) is 54.3 Å². The first-order chi connectivity index (χ1) is 9.17. The lowest BCUT2D eigenvalue weighted by Crippen LogP contribution is -2.37. The normalized spacial score (nSPS) is 12.2. The second kappa shape index (κ2) is 8.52. The first-order valence-electron chi connectivity index (χ1n) is 6.48. The Hall–Kier alpha value is -1.57. The van der Waals surface area contributed by atoms with Crippen molar-refractivity contribution in [2.24, 2.45) is 5.92 Å². The number of hydrogen-bond donors (Lipinski definition) is 1. The fourth-order valence-electron chi connectivity index (χ4n) is 1.73. The molecule has 0 saturated heterocycles. The van der Waals surface area contributed by atoms with Crippen LogP contribution in [0.5, 0.6) is 5.75 Å². The minimum absolute atomic E-state index is 0.0842. The van der Waals surface area contributed by atoms with Crippen LogP contribution in [0.2, 0.25) is 0 Å². The first-order valence-corrected chi connectivity index (χ1v) is 6.48. The van der Waals surface area contributed by atoms with Gasteiger partial charge in [-0.3, -0.25) is 0 Å². The summed E-state index contributed by atoms with van der Waals surface area (Å²) >= 11 is 0. The van der Waals surface area contributed by atoms with Gasteiger partial charge in [0, 0.05) is 19.7 Å². The van der Waals surface area contributed by atoms with Crippen molar-refractivity contribution in [2.45, 2.75) is 26.4 Å². The van der Waals surface area contributed by atoms with Crippen molar-refractivity contribution >= 4 is 0 Å². The maximum absolute atomic E-state index is 8.43. The van der Waals surface area contributed by atoms with Crippen LogP contribution < -0.4 is 10.1 Å². The van der Waals surface area contributed by atoms with E-state index in [4.69, 9.17) is 14.7 Å². The van der Waals surface area contributed by atoms with E-state index in [1.807, 2.05) is 30.3 Å². The van der Waals surface area contributed by atoms with Crippen molar-refractivity contribution in [1.29, 1.82) is 5.26 Å². The highest BCUT2D eigenvalue weighted by Gasteiger charge is 2.11. The van der Waals surface area contributed by atoms with Gasteiger partial charge in [-0.1, -0.05) is 26.0 Å². The van der Waals surface area contributed by atoms with Crippen LogP contribution in [0, 0.1) is 17.2 Å². The van der Waals surface area contributed by atoms with Gasteiger partial charge in [0.25, 0.3) is 0 Å². The lowest BCUT2D eigenvalue weighted by atomic mass is 10.0. The van der Waals surface area contributed by atoms with Gasteiger partial charge in [0.2, 0.25) is 0 Å². The van der Waals surface area contributed by atoms with E-state index in [1.165, 1.54) is 5.56 Å². The molecule has 0 heterocycles. The summed E-state index contributed by atoms with van der Waals surface area (Å²) in [5, 5.41) is 11.9. The summed E-state index contributed by atoms with van der Waals surface area (Å²) in [6.45, 7) is 5.94. The van der Waals surface area contributed by atoms with Crippen molar-refractivity contribution in [3.8, 4) is 11.8 Å². The van der Waals surface area contributed by atoms with E-state index in [-0.39, 0.29) is 6.61 Å². The molecular formula is C15H22N2O2. The van der Waals surface area contributed by atoms with Gasteiger partial charge in [-0.05, 0) is 23.6 Å². The lowest BCUT2D eigenvalue weighted by Gasteiger charge is -2.21. The Morgan fingerprint density at radius 1 is 1.26 bits per heavy atom. The summed E-state index contributed by atoms with van der Waals surface area (Å²) in [5.74, 6) is 1.25. The Bertz CT molecular complexity index is 396. The van der Waals surface area contributed by atoms with Gasteiger partial charge in [-0.25, -0.2) is 0 Å². The third-order valence-electron chi connectivity index (χ3n) is 2.95.